The predicted molar refractivity (Wildman–Crippen MR) is 167 cm³/mol. The Bertz CT molecular complexity index is 1870. The molecule has 0 atom stereocenters. The number of aryl methyl sites for hydroxylation is 3. The quantitative estimate of drug-likeness (QED) is 0.151. The van der Waals surface area contributed by atoms with Gasteiger partial charge in [0, 0.05) is 59.1 Å². The molecule has 0 amide bonds. The number of hydrogen-bond donors (Lipinski definition) is 0. The van der Waals surface area contributed by atoms with Gasteiger partial charge in [0.05, 0.1) is 2.74 Å². The number of thiophene rings is 1. The van der Waals surface area contributed by atoms with E-state index in [0.29, 0.717) is 17.7 Å². The van der Waals surface area contributed by atoms with Crippen LogP contribution in [0.5, 0.6) is 0 Å². The SMILES string of the molecule is [2H]C([2H])([2H])C1=CC=C(c2cc(C)c(C)cn2)[CH-]C1.[2H]c1ccnc(C2=c3sc4c(CCCCC)cncc4c3=CC[CH-]2)c1[2H].[Ir]. The van der Waals surface area contributed by atoms with Gasteiger partial charge in [-0.25, -0.2) is 11.3 Å². The molecule has 0 saturated heterocycles. The van der Waals surface area contributed by atoms with E-state index >= 15 is 0 Å². The predicted octanol–water partition coefficient (Wildman–Crippen LogP) is 7.65. The number of hydrogen-bond acceptors (Lipinski definition) is 4. The minimum Gasteiger partial charge on any atom is -0.321 e. The molecule has 4 aromatic heterocycles. The molecule has 0 saturated carbocycles. The molecule has 2 aliphatic rings. The van der Waals surface area contributed by atoms with Crippen molar-refractivity contribution < 1.29 is 27.0 Å². The van der Waals surface area contributed by atoms with Crippen molar-refractivity contribution >= 4 is 38.6 Å². The topological polar surface area (TPSA) is 38.7 Å². The summed E-state index contributed by atoms with van der Waals surface area (Å²) in [4.78, 5) is 13.3. The first-order valence-electron chi connectivity index (χ1n) is 16.1. The molecule has 0 bridgehead atoms. The fourth-order valence-electron chi connectivity index (χ4n) is 4.77. The summed E-state index contributed by atoms with van der Waals surface area (Å²) in [7, 11) is 0. The number of unbranched alkanes of at least 4 members (excludes halogenated alkanes) is 2. The van der Waals surface area contributed by atoms with Crippen molar-refractivity contribution in [2.24, 2.45) is 0 Å². The van der Waals surface area contributed by atoms with E-state index in [1.54, 1.807) is 29.7 Å². The average molecular weight is 729 g/mol. The maximum absolute atomic E-state index is 8.25. The molecule has 0 spiro atoms. The number of aromatic nitrogens is 3. The summed E-state index contributed by atoms with van der Waals surface area (Å²) in [6.07, 6.45) is 23.2. The first-order chi connectivity index (χ1) is 21.1. The number of allylic oxidation sites excluding steroid dienone is 4. The zero-order chi connectivity index (χ0) is 31.4. The fraction of sp³-hybridized carbons (Fsp3) is 0.286. The molecule has 0 unspecified atom stereocenters. The second kappa shape index (κ2) is 14.1. The smallest absolute Gasteiger partial charge is 0.0613 e. The summed E-state index contributed by atoms with van der Waals surface area (Å²) in [5.74, 6) is 0. The summed E-state index contributed by atoms with van der Waals surface area (Å²) in [5, 5.41) is 2.42. The van der Waals surface area contributed by atoms with Crippen molar-refractivity contribution in [2.75, 3.05) is 0 Å². The standard InChI is InChI=1S/C21H21N2S.C14H16N.Ir/c1-2-3-4-8-15-13-22-14-18-16-9-7-10-17(21(16)24-20(15)18)19-11-5-6-12-23-19;1-10-4-6-13(7-5-10)14-8-11(2)12(3)9-15-14;/h5-6,9-14H,2-4,7-8H2,1H3;4,6-9H,5H2,1-3H3;/q2*-1;/i5D,11D;1D3;. The van der Waals surface area contributed by atoms with Crippen LogP contribution in [0, 0.1) is 26.7 Å². The van der Waals surface area contributed by atoms with Gasteiger partial charge in [-0.2, -0.15) is 24.5 Å². The molecule has 0 aliphatic heterocycles. The van der Waals surface area contributed by atoms with E-state index in [1.165, 1.54) is 45.7 Å². The number of fused-ring (bicyclic) bond motifs is 3. The van der Waals surface area contributed by atoms with Crippen molar-refractivity contribution in [3.63, 3.8) is 0 Å². The van der Waals surface area contributed by atoms with Gasteiger partial charge < -0.3 is 9.97 Å². The molecule has 3 nitrogen and oxygen atoms in total. The number of rotatable bonds is 6. The van der Waals surface area contributed by atoms with Gasteiger partial charge in [-0.15, -0.1) is 11.6 Å². The minimum absolute atomic E-state index is 0. The van der Waals surface area contributed by atoms with Crippen LogP contribution >= 0.6 is 11.3 Å². The Kier molecular flexibility index (Phi) is 8.34. The van der Waals surface area contributed by atoms with Crippen molar-refractivity contribution in [1.29, 1.82) is 0 Å². The molecular weight excluding hydrogens is 687 g/mol. The summed E-state index contributed by atoms with van der Waals surface area (Å²) in [6, 6.07) is 4.02. The molecule has 4 aromatic rings. The number of nitrogens with zero attached hydrogens (tertiary/aromatic N) is 3. The minimum atomic E-state index is -1.99. The molecular formula is C35H37IrN3S-2. The maximum atomic E-state index is 8.25. The molecule has 0 aromatic carbocycles. The van der Waals surface area contributed by atoms with Crippen LogP contribution in [0.3, 0.4) is 0 Å². The molecule has 40 heavy (non-hydrogen) atoms. The van der Waals surface area contributed by atoms with Crippen molar-refractivity contribution in [2.45, 2.75) is 66.1 Å². The largest absolute Gasteiger partial charge is 0.321 e. The zero-order valence-electron chi connectivity index (χ0n) is 28.2. The van der Waals surface area contributed by atoms with Gasteiger partial charge in [-0.3, -0.25) is 4.98 Å². The van der Waals surface area contributed by atoms with Gasteiger partial charge in [0.15, 0.2) is 0 Å². The van der Waals surface area contributed by atoms with Crippen LogP contribution in [0.15, 0.2) is 66.7 Å². The van der Waals surface area contributed by atoms with E-state index in [0.717, 1.165) is 39.8 Å². The molecule has 6 rings (SSSR count). The maximum Gasteiger partial charge on any atom is 0.0613 e. The van der Waals surface area contributed by atoms with E-state index in [2.05, 4.69) is 34.4 Å². The molecule has 209 valence electrons. The third kappa shape index (κ3) is 6.83. The Hall–Kier alpha value is -2.98. The summed E-state index contributed by atoms with van der Waals surface area (Å²) < 4.78 is 40.7. The van der Waals surface area contributed by atoms with Crippen LogP contribution in [0.25, 0.3) is 27.3 Å². The Balaban J connectivity index is 0.000000214. The Morgan fingerprint density at radius 3 is 2.73 bits per heavy atom. The fourth-order valence-corrected chi connectivity index (χ4v) is 6.12. The second-order valence-electron chi connectivity index (χ2n) is 9.97. The van der Waals surface area contributed by atoms with Crippen LogP contribution in [-0.4, -0.2) is 15.0 Å². The summed E-state index contributed by atoms with van der Waals surface area (Å²) in [5.41, 5.74) is 7.64. The van der Waals surface area contributed by atoms with E-state index in [9.17, 15) is 0 Å². The Morgan fingerprint density at radius 1 is 1.05 bits per heavy atom. The first kappa shape index (κ1) is 23.7. The van der Waals surface area contributed by atoms with Crippen LogP contribution in [-0.2, 0) is 26.5 Å². The normalized spacial score (nSPS) is 16.0. The van der Waals surface area contributed by atoms with Gasteiger partial charge in [0.2, 0.25) is 0 Å². The van der Waals surface area contributed by atoms with E-state index in [-0.39, 0.29) is 32.2 Å². The molecule has 4 heterocycles. The zero-order valence-corrected chi connectivity index (χ0v) is 26.4. The summed E-state index contributed by atoms with van der Waals surface area (Å²) >= 11 is 1.78. The van der Waals surface area contributed by atoms with Crippen molar-refractivity contribution in [1.82, 2.24) is 15.0 Å². The molecule has 0 N–H and O–H groups in total. The van der Waals surface area contributed by atoms with Crippen LogP contribution in [0.4, 0.5) is 0 Å². The van der Waals surface area contributed by atoms with Crippen LogP contribution in [0.1, 0.15) is 80.8 Å². The van der Waals surface area contributed by atoms with Crippen molar-refractivity contribution in [3.8, 4) is 0 Å². The monoisotopic (exact) mass is 729 g/mol. The van der Waals surface area contributed by atoms with Gasteiger partial charge >= 0.3 is 0 Å². The Labute approximate surface area is 263 Å². The molecule has 1 radical (unpaired) electrons. The van der Waals surface area contributed by atoms with Gasteiger partial charge in [0.1, 0.15) is 0 Å². The van der Waals surface area contributed by atoms with Crippen molar-refractivity contribution in [3.05, 3.63) is 117 Å². The average Bonchev–Trinajstić information content (AvgIpc) is 3.40. The van der Waals surface area contributed by atoms with Gasteiger partial charge in [-0.1, -0.05) is 77.7 Å². The van der Waals surface area contributed by atoms with Crippen LogP contribution in [0.2, 0.25) is 0 Å². The first-order valence-corrected chi connectivity index (χ1v) is 14.4. The van der Waals surface area contributed by atoms with E-state index in [1.807, 2.05) is 51.0 Å². The number of pyridine rings is 3. The molecule has 5 heteroatoms. The van der Waals surface area contributed by atoms with Gasteiger partial charge in [-0.05, 0) is 62.1 Å². The third-order valence-electron chi connectivity index (χ3n) is 7.13. The van der Waals surface area contributed by atoms with E-state index in [4.69, 9.17) is 6.85 Å². The third-order valence-corrected chi connectivity index (χ3v) is 8.46. The molecule has 2 aliphatic carbocycles. The molecule has 0 fully saturated rings. The van der Waals surface area contributed by atoms with E-state index < -0.39 is 6.85 Å². The van der Waals surface area contributed by atoms with Gasteiger partial charge in [0.25, 0.3) is 0 Å². The summed E-state index contributed by atoms with van der Waals surface area (Å²) in [6.45, 7) is 4.31. The Morgan fingerprint density at radius 2 is 1.95 bits per heavy atom. The second-order valence-corrected chi connectivity index (χ2v) is 11.0. The van der Waals surface area contributed by atoms with Crippen LogP contribution < -0.4 is 9.75 Å².